The molecule has 2 aromatic rings. The van der Waals surface area contributed by atoms with Gasteiger partial charge in [-0.1, -0.05) is 24.9 Å². The second kappa shape index (κ2) is 5.25. The van der Waals surface area contributed by atoms with E-state index in [1.54, 1.807) is 11.3 Å². The van der Waals surface area contributed by atoms with Crippen molar-refractivity contribution in [3.63, 3.8) is 0 Å². The van der Waals surface area contributed by atoms with Crippen molar-refractivity contribution in [2.75, 3.05) is 0 Å². The third-order valence-electron chi connectivity index (χ3n) is 2.15. The molecule has 0 radical (unpaired) electrons. The largest absolute Gasteiger partial charge is 0.232 e. The molecule has 0 aromatic carbocycles. The van der Waals surface area contributed by atoms with E-state index in [-0.39, 0.29) is 0 Å². The standard InChI is InChI=1S/C11H10BrClN2S/c1-2-3-8-9(12)10(13)15-11(14-8)7-4-5-16-6-7/h4-6H,2-3H2,1H3. The zero-order valence-electron chi connectivity index (χ0n) is 8.70. The van der Waals surface area contributed by atoms with Crippen LogP contribution in [0.5, 0.6) is 0 Å². The Morgan fingerprint density at radius 3 is 2.88 bits per heavy atom. The summed E-state index contributed by atoms with van der Waals surface area (Å²) in [5.41, 5.74) is 2.00. The number of aryl methyl sites for hydroxylation is 1. The quantitative estimate of drug-likeness (QED) is 0.775. The summed E-state index contributed by atoms with van der Waals surface area (Å²) in [5, 5.41) is 4.52. The van der Waals surface area contributed by atoms with Crippen LogP contribution in [0.4, 0.5) is 0 Å². The molecule has 2 heterocycles. The van der Waals surface area contributed by atoms with E-state index < -0.39 is 0 Å². The summed E-state index contributed by atoms with van der Waals surface area (Å²) in [6, 6.07) is 2.00. The molecular formula is C11H10BrClN2S. The van der Waals surface area contributed by atoms with E-state index in [4.69, 9.17) is 11.6 Å². The molecule has 5 heteroatoms. The number of halogens is 2. The van der Waals surface area contributed by atoms with Crippen molar-refractivity contribution < 1.29 is 0 Å². The fourth-order valence-electron chi connectivity index (χ4n) is 1.39. The van der Waals surface area contributed by atoms with Gasteiger partial charge in [0.1, 0.15) is 5.15 Å². The molecule has 16 heavy (non-hydrogen) atoms. The van der Waals surface area contributed by atoms with Gasteiger partial charge in [0.15, 0.2) is 5.82 Å². The molecule has 0 bridgehead atoms. The molecule has 0 spiro atoms. The van der Waals surface area contributed by atoms with Gasteiger partial charge < -0.3 is 0 Å². The van der Waals surface area contributed by atoms with Crippen LogP contribution in [-0.2, 0) is 6.42 Å². The average Bonchev–Trinajstić information content (AvgIpc) is 2.78. The number of hydrogen-bond acceptors (Lipinski definition) is 3. The normalized spacial score (nSPS) is 10.7. The topological polar surface area (TPSA) is 25.8 Å². The maximum Gasteiger partial charge on any atom is 0.162 e. The van der Waals surface area contributed by atoms with Crippen molar-refractivity contribution in [2.45, 2.75) is 19.8 Å². The Bertz CT molecular complexity index is 485. The van der Waals surface area contributed by atoms with Crippen molar-refractivity contribution in [1.82, 2.24) is 9.97 Å². The zero-order valence-corrected chi connectivity index (χ0v) is 11.9. The van der Waals surface area contributed by atoms with E-state index in [0.717, 1.165) is 28.6 Å². The van der Waals surface area contributed by atoms with Crippen LogP contribution in [0.1, 0.15) is 19.0 Å². The molecule has 0 aliphatic carbocycles. The van der Waals surface area contributed by atoms with Crippen LogP contribution in [0, 0.1) is 0 Å². The average molecular weight is 318 g/mol. The highest BCUT2D eigenvalue weighted by molar-refractivity contribution is 9.10. The van der Waals surface area contributed by atoms with Crippen LogP contribution in [0.15, 0.2) is 21.3 Å². The molecule has 0 N–H and O–H groups in total. The summed E-state index contributed by atoms with van der Waals surface area (Å²) < 4.78 is 0.815. The summed E-state index contributed by atoms with van der Waals surface area (Å²) in [6.07, 6.45) is 1.94. The third kappa shape index (κ3) is 2.44. The Morgan fingerprint density at radius 2 is 2.25 bits per heavy atom. The summed E-state index contributed by atoms with van der Waals surface area (Å²) in [4.78, 5) is 8.80. The Balaban J connectivity index is 2.48. The van der Waals surface area contributed by atoms with Gasteiger partial charge in [-0.2, -0.15) is 11.3 Å². The van der Waals surface area contributed by atoms with Crippen molar-refractivity contribution in [3.8, 4) is 11.4 Å². The second-order valence-electron chi connectivity index (χ2n) is 3.36. The Labute approximate surface area is 112 Å². The highest BCUT2D eigenvalue weighted by atomic mass is 79.9. The number of hydrogen-bond donors (Lipinski definition) is 0. The van der Waals surface area contributed by atoms with Crippen molar-refractivity contribution in [2.24, 2.45) is 0 Å². The molecule has 0 aliphatic heterocycles. The summed E-state index contributed by atoms with van der Waals surface area (Å²) in [6.45, 7) is 2.12. The third-order valence-corrected chi connectivity index (χ3v) is 4.16. The van der Waals surface area contributed by atoms with Crippen molar-refractivity contribution in [3.05, 3.63) is 32.1 Å². The van der Waals surface area contributed by atoms with Gasteiger partial charge in [0, 0.05) is 10.9 Å². The molecule has 2 aromatic heterocycles. The maximum atomic E-state index is 6.08. The Hall–Kier alpha value is -0.450. The molecular weight excluding hydrogens is 308 g/mol. The van der Waals surface area contributed by atoms with Crippen LogP contribution >= 0.6 is 38.9 Å². The van der Waals surface area contributed by atoms with Gasteiger partial charge >= 0.3 is 0 Å². The van der Waals surface area contributed by atoms with Gasteiger partial charge in [-0.25, -0.2) is 9.97 Å². The minimum absolute atomic E-state index is 0.486. The van der Waals surface area contributed by atoms with E-state index in [2.05, 4.69) is 32.8 Å². The molecule has 2 nitrogen and oxygen atoms in total. The predicted octanol–water partition coefficient (Wildman–Crippen LogP) is 4.57. The molecule has 84 valence electrons. The first-order valence-corrected chi connectivity index (χ1v) is 7.08. The van der Waals surface area contributed by atoms with Crippen LogP contribution in [0.25, 0.3) is 11.4 Å². The lowest BCUT2D eigenvalue weighted by Gasteiger charge is -2.06. The monoisotopic (exact) mass is 316 g/mol. The van der Waals surface area contributed by atoms with Crippen molar-refractivity contribution >= 4 is 38.9 Å². The second-order valence-corrected chi connectivity index (χ2v) is 5.29. The highest BCUT2D eigenvalue weighted by Crippen LogP contribution is 2.28. The molecule has 0 aliphatic rings. The van der Waals surface area contributed by atoms with E-state index in [0.29, 0.717) is 11.0 Å². The lowest BCUT2D eigenvalue weighted by atomic mass is 10.2. The molecule has 0 saturated carbocycles. The van der Waals surface area contributed by atoms with E-state index in [1.807, 2.05) is 16.8 Å². The van der Waals surface area contributed by atoms with E-state index in [1.165, 1.54) is 0 Å². The lowest BCUT2D eigenvalue weighted by molar-refractivity contribution is 0.868. The Kier molecular flexibility index (Phi) is 3.95. The number of thiophene rings is 1. The summed E-state index contributed by atoms with van der Waals surface area (Å²) in [5.74, 6) is 0.706. The first-order valence-electron chi connectivity index (χ1n) is 4.97. The van der Waals surface area contributed by atoms with Gasteiger partial charge in [0.25, 0.3) is 0 Å². The molecule has 0 saturated heterocycles. The molecule has 0 fully saturated rings. The summed E-state index contributed by atoms with van der Waals surface area (Å²) >= 11 is 11.1. The van der Waals surface area contributed by atoms with Crippen LogP contribution < -0.4 is 0 Å². The Morgan fingerprint density at radius 1 is 1.44 bits per heavy atom. The first kappa shape index (κ1) is 12.0. The minimum Gasteiger partial charge on any atom is -0.232 e. The van der Waals surface area contributed by atoms with Gasteiger partial charge in [-0.3, -0.25) is 0 Å². The summed E-state index contributed by atoms with van der Waals surface area (Å²) in [7, 11) is 0. The van der Waals surface area contributed by atoms with Crippen LogP contribution in [0.2, 0.25) is 5.15 Å². The van der Waals surface area contributed by atoms with Gasteiger partial charge in [0.2, 0.25) is 0 Å². The van der Waals surface area contributed by atoms with Gasteiger partial charge in [0.05, 0.1) is 10.2 Å². The van der Waals surface area contributed by atoms with Gasteiger partial charge in [-0.05, 0) is 33.8 Å². The fraction of sp³-hybridized carbons (Fsp3) is 0.273. The molecule has 0 atom stereocenters. The number of aromatic nitrogens is 2. The smallest absolute Gasteiger partial charge is 0.162 e. The number of nitrogens with zero attached hydrogens (tertiary/aromatic N) is 2. The minimum atomic E-state index is 0.486. The van der Waals surface area contributed by atoms with Crippen LogP contribution in [-0.4, -0.2) is 9.97 Å². The predicted molar refractivity (Wildman–Crippen MR) is 72.1 cm³/mol. The first-order chi connectivity index (χ1) is 7.72. The number of rotatable bonds is 3. The lowest BCUT2D eigenvalue weighted by Crippen LogP contribution is -1.97. The molecule has 0 unspecified atom stereocenters. The SMILES string of the molecule is CCCc1nc(-c2ccsc2)nc(Cl)c1Br. The maximum absolute atomic E-state index is 6.08. The highest BCUT2D eigenvalue weighted by Gasteiger charge is 2.11. The fourth-order valence-corrected chi connectivity index (χ4v) is 2.59. The van der Waals surface area contributed by atoms with E-state index >= 15 is 0 Å². The zero-order chi connectivity index (χ0) is 11.5. The van der Waals surface area contributed by atoms with Crippen molar-refractivity contribution in [1.29, 1.82) is 0 Å². The van der Waals surface area contributed by atoms with E-state index in [9.17, 15) is 0 Å². The molecule has 2 rings (SSSR count). The molecule has 0 amide bonds. The van der Waals surface area contributed by atoms with Crippen LogP contribution in [0.3, 0.4) is 0 Å². The van der Waals surface area contributed by atoms with Gasteiger partial charge in [-0.15, -0.1) is 0 Å².